The quantitative estimate of drug-likeness (QED) is 0.864. The fraction of sp³-hybridized carbons (Fsp3) is 0.647. The van der Waals surface area contributed by atoms with Crippen LogP contribution < -0.4 is 4.90 Å². The zero-order chi connectivity index (χ0) is 15.6. The summed E-state index contributed by atoms with van der Waals surface area (Å²) in [7, 11) is 0. The van der Waals surface area contributed by atoms with Crippen LogP contribution in [0.25, 0.3) is 10.2 Å². The molecule has 2 aliphatic heterocycles. The average molecular weight is 332 g/mol. The number of hydrogen-bond acceptors (Lipinski definition) is 6. The first-order valence-corrected chi connectivity index (χ1v) is 9.37. The van der Waals surface area contributed by atoms with Crippen molar-refractivity contribution in [3.8, 4) is 0 Å². The summed E-state index contributed by atoms with van der Waals surface area (Å²) in [4.78, 5) is 16.4. The van der Waals surface area contributed by atoms with Gasteiger partial charge in [0.2, 0.25) is 0 Å². The number of fused-ring (bicyclic) bond motifs is 1. The zero-order valence-corrected chi connectivity index (χ0v) is 14.5. The molecule has 2 fully saturated rings. The number of nitrogens with zero attached hydrogens (tertiary/aromatic N) is 4. The number of aryl methyl sites for hydroxylation is 1. The van der Waals surface area contributed by atoms with Gasteiger partial charge in [-0.1, -0.05) is 0 Å². The van der Waals surface area contributed by atoms with Crippen molar-refractivity contribution >= 4 is 27.4 Å². The smallest absolute Gasteiger partial charge is 0.140 e. The van der Waals surface area contributed by atoms with E-state index in [1.165, 1.54) is 29.6 Å². The van der Waals surface area contributed by atoms with Gasteiger partial charge in [-0.2, -0.15) is 0 Å². The average Bonchev–Trinajstić information content (AvgIpc) is 2.97. The van der Waals surface area contributed by atoms with Crippen molar-refractivity contribution in [3.05, 3.63) is 17.3 Å². The van der Waals surface area contributed by atoms with Gasteiger partial charge in [0.25, 0.3) is 0 Å². The van der Waals surface area contributed by atoms with Crippen molar-refractivity contribution in [3.63, 3.8) is 0 Å². The fourth-order valence-corrected chi connectivity index (χ4v) is 4.53. The molecule has 5 nitrogen and oxygen atoms in total. The van der Waals surface area contributed by atoms with Gasteiger partial charge in [0.1, 0.15) is 17.0 Å². The lowest BCUT2D eigenvalue weighted by atomic mass is 9.96. The number of thiophene rings is 1. The zero-order valence-electron chi connectivity index (χ0n) is 13.7. The fourth-order valence-electron chi connectivity index (χ4n) is 3.69. The molecule has 4 heterocycles. The summed E-state index contributed by atoms with van der Waals surface area (Å²) >= 11 is 1.76. The molecule has 0 saturated carbocycles. The lowest BCUT2D eigenvalue weighted by Crippen LogP contribution is -2.43. The van der Waals surface area contributed by atoms with Crippen LogP contribution in [0.15, 0.2) is 12.4 Å². The number of morpholine rings is 1. The summed E-state index contributed by atoms with van der Waals surface area (Å²) in [6.07, 6.45) is 4.23. The Morgan fingerprint density at radius 1 is 1.17 bits per heavy atom. The van der Waals surface area contributed by atoms with Crippen molar-refractivity contribution in [1.29, 1.82) is 0 Å². The Bertz CT molecular complexity index is 660. The summed E-state index contributed by atoms with van der Waals surface area (Å²) in [5, 5.41) is 1.22. The Morgan fingerprint density at radius 3 is 2.74 bits per heavy atom. The van der Waals surface area contributed by atoms with Crippen LogP contribution in [-0.4, -0.2) is 60.8 Å². The van der Waals surface area contributed by atoms with E-state index >= 15 is 0 Å². The molecule has 2 saturated heterocycles. The van der Waals surface area contributed by atoms with Crippen LogP contribution in [0.2, 0.25) is 0 Å². The van der Waals surface area contributed by atoms with Gasteiger partial charge < -0.3 is 9.64 Å². The predicted molar refractivity (Wildman–Crippen MR) is 94.3 cm³/mol. The molecule has 2 aromatic rings. The van der Waals surface area contributed by atoms with E-state index < -0.39 is 0 Å². The monoisotopic (exact) mass is 332 g/mol. The van der Waals surface area contributed by atoms with Crippen molar-refractivity contribution < 1.29 is 4.74 Å². The van der Waals surface area contributed by atoms with E-state index in [9.17, 15) is 0 Å². The Hall–Kier alpha value is -1.24. The molecule has 0 aromatic carbocycles. The molecular weight excluding hydrogens is 308 g/mol. The van der Waals surface area contributed by atoms with Crippen molar-refractivity contribution in [2.24, 2.45) is 5.92 Å². The van der Waals surface area contributed by atoms with Gasteiger partial charge in [0.05, 0.1) is 18.6 Å². The maximum Gasteiger partial charge on any atom is 0.140 e. The maximum atomic E-state index is 5.44. The van der Waals surface area contributed by atoms with Crippen LogP contribution in [0.4, 0.5) is 5.82 Å². The molecule has 0 aliphatic carbocycles. The van der Waals surface area contributed by atoms with Crippen LogP contribution in [0.1, 0.15) is 17.7 Å². The number of rotatable bonds is 3. The first-order valence-electron chi connectivity index (χ1n) is 8.56. The minimum Gasteiger partial charge on any atom is -0.379 e. The lowest BCUT2D eigenvalue weighted by molar-refractivity contribution is 0.0289. The lowest BCUT2D eigenvalue weighted by Gasteiger charge is -2.36. The van der Waals surface area contributed by atoms with E-state index in [1.807, 2.05) is 0 Å². The third-order valence-electron chi connectivity index (χ3n) is 4.97. The van der Waals surface area contributed by atoms with Crippen LogP contribution in [-0.2, 0) is 4.74 Å². The van der Waals surface area contributed by atoms with E-state index in [1.54, 1.807) is 17.7 Å². The summed E-state index contributed by atoms with van der Waals surface area (Å²) in [6.45, 7) is 9.58. The summed E-state index contributed by atoms with van der Waals surface area (Å²) < 4.78 is 5.44. The van der Waals surface area contributed by atoms with E-state index in [-0.39, 0.29) is 0 Å². The Balaban J connectivity index is 1.40. The second-order valence-electron chi connectivity index (χ2n) is 6.62. The molecular formula is C17H24N4OS. The van der Waals surface area contributed by atoms with Gasteiger partial charge in [-0.05, 0) is 31.7 Å². The Kier molecular flexibility index (Phi) is 4.46. The highest BCUT2D eigenvalue weighted by Gasteiger charge is 2.24. The largest absolute Gasteiger partial charge is 0.379 e. The molecule has 0 spiro atoms. The van der Waals surface area contributed by atoms with Crippen LogP contribution in [0, 0.1) is 12.8 Å². The number of hydrogen-bond donors (Lipinski definition) is 0. The predicted octanol–water partition coefficient (Wildman–Crippen LogP) is 2.55. The number of aromatic nitrogens is 2. The first-order chi connectivity index (χ1) is 11.3. The molecule has 0 atom stereocenters. The van der Waals surface area contributed by atoms with E-state index in [0.717, 1.165) is 56.0 Å². The standard InChI is InChI=1S/C17H24N4OS/c1-13-10-15-16(18-12-19-17(15)23-13)21-4-2-14(3-5-21)11-20-6-8-22-9-7-20/h10,12,14H,2-9,11H2,1H3. The Morgan fingerprint density at radius 2 is 1.96 bits per heavy atom. The van der Waals surface area contributed by atoms with E-state index in [2.05, 4.69) is 32.8 Å². The van der Waals surface area contributed by atoms with Gasteiger partial charge in [0.15, 0.2) is 0 Å². The molecule has 124 valence electrons. The third kappa shape index (κ3) is 3.34. The topological polar surface area (TPSA) is 41.5 Å². The molecule has 6 heteroatoms. The highest BCUT2D eigenvalue weighted by atomic mass is 32.1. The van der Waals surface area contributed by atoms with Crippen molar-refractivity contribution in [1.82, 2.24) is 14.9 Å². The van der Waals surface area contributed by atoms with Crippen LogP contribution in [0.3, 0.4) is 0 Å². The Labute approximate surface area is 141 Å². The van der Waals surface area contributed by atoms with Crippen LogP contribution in [0.5, 0.6) is 0 Å². The molecule has 0 radical (unpaired) electrons. The minimum absolute atomic E-state index is 0.811. The highest BCUT2D eigenvalue weighted by Crippen LogP contribution is 2.32. The molecule has 2 aromatic heterocycles. The summed E-state index contributed by atoms with van der Waals surface area (Å²) in [6, 6.07) is 2.23. The molecule has 2 aliphatic rings. The summed E-state index contributed by atoms with van der Waals surface area (Å²) in [5.74, 6) is 1.94. The second kappa shape index (κ2) is 6.71. The molecule has 0 N–H and O–H groups in total. The first kappa shape index (κ1) is 15.3. The second-order valence-corrected chi connectivity index (χ2v) is 7.85. The van der Waals surface area contributed by atoms with Crippen LogP contribution >= 0.6 is 11.3 Å². The third-order valence-corrected chi connectivity index (χ3v) is 5.92. The van der Waals surface area contributed by atoms with E-state index in [4.69, 9.17) is 4.74 Å². The van der Waals surface area contributed by atoms with Crippen molar-refractivity contribution in [2.75, 3.05) is 50.8 Å². The van der Waals surface area contributed by atoms with Gasteiger partial charge >= 0.3 is 0 Å². The van der Waals surface area contributed by atoms with E-state index in [0.29, 0.717) is 0 Å². The van der Waals surface area contributed by atoms with Crippen molar-refractivity contribution in [2.45, 2.75) is 19.8 Å². The summed E-state index contributed by atoms with van der Waals surface area (Å²) in [5.41, 5.74) is 0. The number of ether oxygens (including phenoxy) is 1. The molecule has 4 rings (SSSR count). The normalized spacial score (nSPS) is 21.2. The minimum atomic E-state index is 0.811. The number of piperidine rings is 1. The van der Waals surface area contributed by atoms with Gasteiger partial charge in [-0.3, -0.25) is 4.90 Å². The highest BCUT2D eigenvalue weighted by molar-refractivity contribution is 7.18. The van der Waals surface area contributed by atoms with Gasteiger partial charge in [-0.25, -0.2) is 9.97 Å². The molecule has 0 bridgehead atoms. The molecule has 0 unspecified atom stereocenters. The van der Waals surface area contributed by atoms with Gasteiger partial charge in [0, 0.05) is 37.6 Å². The SMILES string of the molecule is Cc1cc2c(N3CCC(CN4CCOCC4)CC3)ncnc2s1. The molecule has 23 heavy (non-hydrogen) atoms. The maximum absolute atomic E-state index is 5.44. The molecule has 0 amide bonds. The van der Waals surface area contributed by atoms with Gasteiger partial charge in [-0.15, -0.1) is 11.3 Å². The number of anilines is 1.